The summed E-state index contributed by atoms with van der Waals surface area (Å²) in [4.78, 5) is 45.0. The molecule has 6 N–H and O–H groups in total. The molecule has 0 bridgehead atoms. The fourth-order valence-corrected chi connectivity index (χ4v) is 4.48. The number of nitrogens with zero attached hydrogens (tertiary/aromatic N) is 2. The molecule has 5 atom stereocenters. The molecule has 1 fully saturated rings. The number of aromatic nitrogens is 1. The van der Waals surface area contributed by atoms with Crippen molar-refractivity contribution in [3.63, 3.8) is 0 Å². The molecule has 14 nitrogen and oxygen atoms in total. The number of alkyl carbamates (subject to hydrolysis) is 1. The standard InChI is InChI=1S/C30H38N6O8/c1-17(2)23(36-28(40)44-29(3,4)5)27(39)42-24-20(14-41-22(37)13-18-9-7-6-8-10-18)43-30(15-31,25(24)38)21-12-11-19(35-21)26(33)34-16-32/h6-12,16-17,20,23-25,35,38H,13-14H2,1-5H3,(H,36,40)(H3,32,33,34)/t20-,23-,24-,25-,30+/m1/s1. The van der Waals surface area contributed by atoms with E-state index in [-0.39, 0.29) is 23.6 Å². The molecular formula is C30H38N6O8. The number of aliphatic hydroxyl groups is 1. The molecule has 3 rings (SSSR count). The van der Waals surface area contributed by atoms with Gasteiger partial charge in [0.15, 0.2) is 6.10 Å². The summed E-state index contributed by atoms with van der Waals surface area (Å²) in [7, 11) is 0. The maximum atomic E-state index is 13.4. The van der Waals surface area contributed by atoms with Gasteiger partial charge in [-0.2, -0.15) is 5.26 Å². The van der Waals surface area contributed by atoms with Gasteiger partial charge in [0.2, 0.25) is 5.60 Å². The van der Waals surface area contributed by atoms with E-state index in [2.05, 4.69) is 15.3 Å². The van der Waals surface area contributed by atoms with Crippen LogP contribution in [-0.2, 0) is 40.6 Å². The molecule has 2 aromatic rings. The van der Waals surface area contributed by atoms with Gasteiger partial charge in [-0.3, -0.25) is 10.2 Å². The quantitative estimate of drug-likeness (QED) is 0.108. The van der Waals surface area contributed by atoms with E-state index < -0.39 is 66.1 Å². The second-order valence-electron chi connectivity index (χ2n) is 11.5. The molecule has 0 saturated carbocycles. The van der Waals surface area contributed by atoms with E-state index in [1.165, 1.54) is 12.1 Å². The summed E-state index contributed by atoms with van der Waals surface area (Å²) in [6.07, 6.45) is -4.74. The fraction of sp³-hybridized carbons (Fsp3) is 0.467. The summed E-state index contributed by atoms with van der Waals surface area (Å²) < 4.78 is 22.4. The topological polar surface area (TPSA) is 222 Å². The molecule has 0 spiro atoms. The molecule has 1 aromatic carbocycles. The van der Waals surface area contributed by atoms with Gasteiger partial charge in [0, 0.05) is 0 Å². The van der Waals surface area contributed by atoms with Gasteiger partial charge in [0.05, 0.1) is 17.8 Å². The maximum absolute atomic E-state index is 13.4. The monoisotopic (exact) mass is 610 g/mol. The molecule has 1 saturated heterocycles. The summed E-state index contributed by atoms with van der Waals surface area (Å²) >= 11 is 0. The Morgan fingerprint density at radius 1 is 1.25 bits per heavy atom. The number of hydrogen-bond donors (Lipinski definition) is 5. The molecule has 1 amide bonds. The SMILES string of the molecule is CC(C)[C@@H](NC(=O)OC(C)(C)C)C(=O)O[C@H]1[C@@H](O)[C@](C#N)(c2ccc(/C(N)=N\C=N)[nH]2)O[C@@H]1COC(=O)Cc1ccccc1. The van der Waals surface area contributed by atoms with Crippen LogP contribution >= 0.6 is 0 Å². The molecule has 1 aliphatic heterocycles. The molecular weight excluding hydrogens is 572 g/mol. The van der Waals surface area contributed by atoms with Crippen molar-refractivity contribution in [1.29, 1.82) is 10.7 Å². The number of nitrogens with two attached hydrogens (primary N) is 1. The zero-order valence-electron chi connectivity index (χ0n) is 25.2. The highest BCUT2D eigenvalue weighted by Crippen LogP contribution is 2.41. The van der Waals surface area contributed by atoms with Gasteiger partial charge in [0.25, 0.3) is 0 Å². The number of carbonyl (C=O) groups excluding carboxylic acids is 3. The number of esters is 2. The van der Waals surface area contributed by atoms with E-state index in [1.54, 1.807) is 58.9 Å². The van der Waals surface area contributed by atoms with Crippen molar-refractivity contribution in [1.82, 2.24) is 10.3 Å². The predicted molar refractivity (Wildman–Crippen MR) is 157 cm³/mol. The highest BCUT2D eigenvalue weighted by Gasteiger charge is 2.59. The summed E-state index contributed by atoms with van der Waals surface area (Å²) in [5, 5.41) is 31.4. The number of amidine groups is 1. The van der Waals surface area contributed by atoms with Gasteiger partial charge >= 0.3 is 18.0 Å². The zero-order valence-corrected chi connectivity index (χ0v) is 25.2. The van der Waals surface area contributed by atoms with Crippen LogP contribution < -0.4 is 11.1 Å². The number of aliphatic hydroxyl groups excluding tert-OH is 1. The number of hydrogen-bond acceptors (Lipinski definition) is 10. The van der Waals surface area contributed by atoms with Crippen LogP contribution in [0.15, 0.2) is 47.5 Å². The zero-order chi connectivity index (χ0) is 32.7. The summed E-state index contributed by atoms with van der Waals surface area (Å²) in [6.45, 7) is 7.89. The summed E-state index contributed by atoms with van der Waals surface area (Å²) in [5.41, 5.74) is 3.91. The Morgan fingerprint density at radius 2 is 1.93 bits per heavy atom. The number of carbonyl (C=O) groups is 3. The Kier molecular flexibility index (Phi) is 10.9. The van der Waals surface area contributed by atoms with Crippen LogP contribution in [0.4, 0.5) is 4.79 Å². The van der Waals surface area contributed by atoms with E-state index >= 15 is 0 Å². The highest BCUT2D eigenvalue weighted by molar-refractivity contribution is 5.99. The van der Waals surface area contributed by atoms with Crippen LogP contribution in [0, 0.1) is 22.7 Å². The van der Waals surface area contributed by atoms with Gasteiger partial charge in [-0.1, -0.05) is 44.2 Å². The van der Waals surface area contributed by atoms with E-state index in [4.69, 9.17) is 30.1 Å². The third-order valence-corrected chi connectivity index (χ3v) is 6.61. The number of benzene rings is 1. The lowest BCUT2D eigenvalue weighted by atomic mass is 9.92. The van der Waals surface area contributed by atoms with Crippen molar-refractivity contribution in [3.8, 4) is 6.07 Å². The number of aromatic amines is 1. The van der Waals surface area contributed by atoms with Crippen molar-refractivity contribution in [2.75, 3.05) is 6.61 Å². The predicted octanol–water partition coefficient (Wildman–Crippen LogP) is 2.05. The normalized spacial score (nSPS) is 22.5. The lowest BCUT2D eigenvalue weighted by Gasteiger charge is -2.28. The molecule has 0 radical (unpaired) electrons. The third kappa shape index (κ3) is 8.21. The molecule has 1 aromatic heterocycles. The van der Waals surface area contributed by atoms with Gasteiger partial charge in [-0.25, -0.2) is 14.6 Å². The maximum Gasteiger partial charge on any atom is 0.408 e. The van der Waals surface area contributed by atoms with Gasteiger partial charge in [0.1, 0.15) is 48.7 Å². The molecule has 1 aliphatic rings. The van der Waals surface area contributed by atoms with Gasteiger partial charge in [-0.05, 0) is 44.4 Å². The Morgan fingerprint density at radius 3 is 2.52 bits per heavy atom. The number of aliphatic imine (C=N–C) groups is 1. The molecule has 14 heteroatoms. The molecule has 0 unspecified atom stereocenters. The Bertz CT molecular complexity index is 1410. The average Bonchev–Trinajstić information content (AvgIpc) is 3.54. The molecule has 236 valence electrons. The number of amides is 1. The van der Waals surface area contributed by atoms with Crippen molar-refractivity contribution in [2.45, 2.75) is 76.6 Å². The van der Waals surface area contributed by atoms with Crippen LogP contribution in [0.5, 0.6) is 0 Å². The number of nitriles is 1. The Labute approximate surface area is 255 Å². The minimum atomic E-state index is -2.11. The smallest absolute Gasteiger partial charge is 0.408 e. The van der Waals surface area contributed by atoms with Crippen LogP contribution in [0.3, 0.4) is 0 Å². The van der Waals surface area contributed by atoms with Crippen molar-refractivity contribution >= 4 is 30.2 Å². The number of H-pyrrole nitrogens is 1. The minimum Gasteiger partial charge on any atom is -0.463 e. The van der Waals surface area contributed by atoms with Gasteiger partial charge < -0.3 is 40.1 Å². The van der Waals surface area contributed by atoms with E-state index in [1.807, 2.05) is 12.1 Å². The lowest BCUT2D eigenvalue weighted by molar-refractivity contribution is -0.163. The first-order valence-electron chi connectivity index (χ1n) is 13.9. The molecule has 44 heavy (non-hydrogen) atoms. The largest absolute Gasteiger partial charge is 0.463 e. The van der Waals surface area contributed by atoms with Crippen molar-refractivity contribution in [2.24, 2.45) is 16.6 Å². The van der Waals surface area contributed by atoms with Gasteiger partial charge in [-0.15, -0.1) is 0 Å². The number of ether oxygens (including phenoxy) is 4. The second-order valence-corrected chi connectivity index (χ2v) is 11.5. The van der Waals surface area contributed by atoms with Crippen molar-refractivity contribution < 1.29 is 38.4 Å². The summed E-state index contributed by atoms with van der Waals surface area (Å²) in [6, 6.07) is 12.5. The first-order valence-corrected chi connectivity index (χ1v) is 13.9. The Balaban J connectivity index is 1.89. The van der Waals surface area contributed by atoms with E-state index in [0.717, 1.165) is 6.34 Å². The molecule has 0 aliphatic carbocycles. The van der Waals surface area contributed by atoms with E-state index in [9.17, 15) is 24.8 Å². The fourth-order valence-electron chi connectivity index (χ4n) is 4.48. The summed E-state index contributed by atoms with van der Waals surface area (Å²) in [5.74, 6) is -2.06. The minimum absolute atomic E-state index is 0.0508. The lowest BCUT2D eigenvalue weighted by Crippen LogP contribution is -2.50. The second kappa shape index (κ2) is 14.2. The first-order chi connectivity index (χ1) is 20.7. The number of nitrogens with one attached hydrogen (secondary N) is 3. The van der Waals surface area contributed by atoms with E-state index in [0.29, 0.717) is 5.56 Å². The first kappa shape index (κ1) is 33.8. The number of rotatable bonds is 11. The highest BCUT2D eigenvalue weighted by atomic mass is 16.6. The molecule has 2 heterocycles. The van der Waals surface area contributed by atoms with Crippen molar-refractivity contribution in [3.05, 3.63) is 59.4 Å². The van der Waals surface area contributed by atoms with Crippen LogP contribution in [0.2, 0.25) is 0 Å². The Hall–Kier alpha value is -4.74. The third-order valence-electron chi connectivity index (χ3n) is 6.61. The average molecular weight is 611 g/mol. The van der Waals surface area contributed by atoms with Crippen LogP contribution in [-0.4, -0.2) is 76.9 Å². The van der Waals surface area contributed by atoms with Crippen LogP contribution in [0.25, 0.3) is 0 Å². The van der Waals surface area contributed by atoms with Crippen LogP contribution in [0.1, 0.15) is 51.6 Å².